The Balaban J connectivity index is 1.47. The average Bonchev–Trinajstić information content (AvgIpc) is 2.93. The smallest absolute Gasteiger partial charge is 0.232 e. The van der Waals surface area contributed by atoms with Gasteiger partial charge in [0.25, 0.3) is 0 Å². The van der Waals surface area contributed by atoms with Gasteiger partial charge in [0.05, 0.1) is 18.5 Å². The Morgan fingerprint density at radius 2 is 1.41 bits per heavy atom. The summed E-state index contributed by atoms with van der Waals surface area (Å²) in [5.41, 5.74) is 12.8. The van der Waals surface area contributed by atoms with E-state index in [1.54, 1.807) is 18.6 Å². The maximum Gasteiger partial charge on any atom is 0.232 e. The Hall–Kier alpha value is -3.61. The van der Waals surface area contributed by atoms with Crippen LogP contribution in [0.15, 0.2) is 79.3 Å². The molecule has 0 bridgehead atoms. The molecular weight excluding hydrogens is 422 g/mol. The Labute approximate surface area is 200 Å². The fraction of sp³-hybridized carbons (Fsp3) is 0.250. The van der Waals surface area contributed by atoms with Crippen molar-refractivity contribution >= 4 is 0 Å². The van der Waals surface area contributed by atoms with Crippen molar-refractivity contribution < 1.29 is 4.74 Å². The van der Waals surface area contributed by atoms with E-state index in [1.807, 2.05) is 24.3 Å². The summed E-state index contributed by atoms with van der Waals surface area (Å²) in [5.74, 6) is 1.11. The molecule has 6 nitrogen and oxygen atoms in total. The number of nitrogens with zero attached hydrogens (tertiary/aromatic N) is 3. The highest BCUT2D eigenvalue weighted by Gasteiger charge is 2.17. The number of rotatable bonds is 7. The van der Waals surface area contributed by atoms with Gasteiger partial charge in [-0.05, 0) is 60.7 Å². The van der Waals surface area contributed by atoms with Crippen LogP contribution in [-0.2, 0) is 6.54 Å². The Morgan fingerprint density at radius 1 is 0.794 bits per heavy atom. The van der Waals surface area contributed by atoms with Crippen molar-refractivity contribution in [2.75, 3.05) is 19.7 Å². The number of pyridine rings is 1. The van der Waals surface area contributed by atoms with Crippen LogP contribution in [0.5, 0.6) is 5.88 Å². The minimum Gasteiger partial charge on any atom is -0.476 e. The molecule has 34 heavy (non-hydrogen) atoms. The first-order valence-corrected chi connectivity index (χ1v) is 11.8. The van der Waals surface area contributed by atoms with Crippen molar-refractivity contribution in [3.8, 4) is 39.5 Å². The van der Waals surface area contributed by atoms with Gasteiger partial charge in [0.1, 0.15) is 5.69 Å². The number of aromatic nitrogens is 3. The summed E-state index contributed by atoms with van der Waals surface area (Å²) in [6.07, 6.45) is 7.61. The number of benzene rings is 2. The third-order valence-electron chi connectivity index (χ3n) is 6.31. The van der Waals surface area contributed by atoms with Crippen molar-refractivity contribution in [3.05, 3.63) is 84.8 Å². The quantitative estimate of drug-likeness (QED) is 0.423. The largest absolute Gasteiger partial charge is 0.476 e. The first-order chi connectivity index (χ1) is 16.8. The van der Waals surface area contributed by atoms with Crippen molar-refractivity contribution in [1.82, 2.24) is 20.3 Å². The van der Waals surface area contributed by atoms with Gasteiger partial charge in [0.15, 0.2) is 0 Å². The van der Waals surface area contributed by atoms with Crippen molar-refractivity contribution in [3.63, 3.8) is 0 Å². The highest BCUT2D eigenvalue weighted by molar-refractivity contribution is 5.79. The molecule has 0 spiro atoms. The lowest BCUT2D eigenvalue weighted by Gasteiger charge is -2.22. The zero-order chi connectivity index (χ0) is 23.2. The van der Waals surface area contributed by atoms with Crippen LogP contribution in [0.3, 0.4) is 0 Å². The summed E-state index contributed by atoms with van der Waals surface area (Å²) >= 11 is 0. The van der Waals surface area contributed by atoms with E-state index >= 15 is 0 Å². The monoisotopic (exact) mass is 451 g/mol. The van der Waals surface area contributed by atoms with E-state index in [-0.39, 0.29) is 0 Å². The number of ether oxygens (including phenoxy) is 1. The van der Waals surface area contributed by atoms with Gasteiger partial charge in [-0.2, -0.15) is 0 Å². The SMILES string of the molecule is NCc1ccc(-c2ncc(OCC3CCNCC3)nc2-c2ccc(-c3ccncc3)cc2)cc1. The van der Waals surface area contributed by atoms with E-state index in [1.165, 1.54) is 0 Å². The summed E-state index contributed by atoms with van der Waals surface area (Å²) in [7, 11) is 0. The van der Waals surface area contributed by atoms with E-state index in [4.69, 9.17) is 20.4 Å². The lowest BCUT2D eigenvalue weighted by atomic mass is 9.99. The van der Waals surface area contributed by atoms with Crippen LogP contribution in [0.4, 0.5) is 0 Å². The molecule has 0 unspecified atom stereocenters. The molecule has 5 rings (SSSR count). The Kier molecular flexibility index (Phi) is 6.89. The predicted octanol–water partition coefficient (Wildman–Crippen LogP) is 4.71. The van der Waals surface area contributed by atoms with Gasteiger partial charge >= 0.3 is 0 Å². The topological polar surface area (TPSA) is 86.0 Å². The maximum atomic E-state index is 6.10. The minimum absolute atomic E-state index is 0.513. The number of hydrogen-bond acceptors (Lipinski definition) is 6. The maximum absolute atomic E-state index is 6.10. The first-order valence-electron chi connectivity index (χ1n) is 11.8. The van der Waals surface area contributed by atoms with Crippen molar-refractivity contribution in [2.24, 2.45) is 11.7 Å². The molecular formula is C28H29N5O. The summed E-state index contributed by atoms with van der Waals surface area (Å²) in [6.45, 7) is 3.28. The highest BCUT2D eigenvalue weighted by Crippen LogP contribution is 2.32. The predicted molar refractivity (Wildman–Crippen MR) is 135 cm³/mol. The van der Waals surface area contributed by atoms with E-state index < -0.39 is 0 Å². The molecule has 1 aliphatic heterocycles. The summed E-state index contributed by atoms with van der Waals surface area (Å²) in [4.78, 5) is 13.8. The molecule has 0 radical (unpaired) electrons. The molecule has 3 heterocycles. The standard InChI is InChI=1S/C28H29N5O/c29-17-20-1-3-24(4-2-20)27-28(25-7-5-22(6-8-25)23-11-15-31-16-12-23)33-26(18-32-27)34-19-21-9-13-30-14-10-21/h1-8,11-12,15-16,18,21,30H,9-10,13-14,17,19,29H2. The Morgan fingerprint density at radius 3 is 2.12 bits per heavy atom. The fourth-order valence-electron chi connectivity index (χ4n) is 4.27. The second-order valence-electron chi connectivity index (χ2n) is 8.62. The molecule has 0 aliphatic carbocycles. The van der Waals surface area contributed by atoms with Crippen molar-refractivity contribution in [1.29, 1.82) is 0 Å². The molecule has 3 N–H and O–H groups in total. The first kappa shape index (κ1) is 22.2. The van der Waals surface area contributed by atoms with E-state index in [0.717, 1.165) is 65.1 Å². The molecule has 1 saturated heterocycles. The van der Waals surface area contributed by atoms with Gasteiger partial charge in [-0.3, -0.25) is 4.98 Å². The molecule has 0 amide bonds. The molecule has 2 aromatic heterocycles. The molecule has 172 valence electrons. The average molecular weight is 452 g/mol. The van der Waals surface area contributed by atoms with Crippen LogP contribution in [0, 0.1) is 5.92 Å². The molecule has 0 atom stereocenters. The van der Waals surface area contributed by atoms with Crippen molar-refractivity contribution in [2.45, 2.75) is 19.4 Å². The number of nitrogens with two attached hydrogens (primary N) is 1. The molecule has 2 aromatic carbocycles. The second kappa shape index (κ2) is 10.5. The molecule has 1 fully saturated rings. The van der Waals surface area contributed by atoms with Crippen LogP contribution < -0.4 is 15.8 Å². The van der Waals surface area contributed by atoms with Crippen LogP contribution in [0.1, 0.15) is 18.4 Å². The highest BCUT2D eigenvalue weighted by atomic mass is 16.5. The van der Waals surface area contributed by atoms with Gasteiger partial charge in [0, 0.05) is 30.1 Å². The second-order valence-corrected chi connectivity index (χ2v) is 8.62. The molecule has 0 saturated carbocycles. The van der Waals surface area contributed by atoms with Gasteiger partial charge in [-0.1, -0.05) is 48.5 Å². The number of piperidine rings is 1. The summed E-state index contributed by atoms with van der Waals surface area (Å²) in [6, 6.07) is 20.6. The lowest BCUT2D eigenvalue weighted by molar-refractivity contribution is 0.208. The van der Waals surface area contributed by atoms with E-state index in [2.05, 4.69) is 46.7 Å². The fourth-order valence-corrected chi connectivity index (χ4v) is 4.27. The van der Waals surface area contributed by atoms with Gasteiger partial charge in [-0.15, -0.1) is 0 Å². The number of nitrogens with one attached hydrogen (secondary N) is 1. The Bertz CT molecular complexity index is 1200. The van der Waals surface area contributed by atoms with Crippen LogP contribution in [-0.4, -0.2) is 34.6 Å². The molecule has 6 heteroatoms. The van der Waals surface area contributed by atoms with Gasteiger partial charge in [0.2, 0.25) is 5.88 Å². The van der Waals surface area contributed by atoms with E-state index in [9.17, 15) is 0 Å². The number of hydrogen-bond donors (Lipinski definition) is 2. The van der Waals surface area contributed by atoms with Gasteiger partial charge in [-0.25, -0.2) is 9.97 Å². The third kappa shape index (κ3) is 5.14. The zero-order valence-corrected chi connectivity index (χ0v) is 19.2. The summed E-state index contributed by atoms with van der Waals surface area (Å²) in [5, 5.41) is 3.40. The van der Waals surface area contributed by atoms with Crippen LogP contribution in [0.2, 0.25) is 0 Å². The van der Waals surface area contributed by atoms with Crippen LogP contribution in [0.25, 0.3) is 33.6 Å². The molecule has 1 aliphatic rings. The zero-order valence-electron chi connectivity index (χ0n) is 19.2. The normalized spacial score (nSPS) is 14.1. The van der Waals surface area contributed by atoms with Gasteiger partial charge < -0.3 is 15.8 Å². The van der Waals surface area contributed by atoms with Crippen LogP contribution >= 0.6 is 0 Å². The summed E-state index contributed by atoms with van der Waals surface area (Å²) < 4.78 is 6.10. The third-order valence-corrected chi connectivity index (χ3v) is 6.31. The lowest BCUT2D eigenvalue weighted by Crippen LogP contribution is -2.30. The molecule has 4 aromatic rings. The van der Waals surface area contributed by atoms with E-state index in [0.29, 0.717) is 24.9 Å². The minimum atomic E-state index is 0.513.